The Morgan fingerprint density at radius 1 is 1.03 bits per heavy atom. The molecule has 0 atom stereocenters. The van der Waals surface area contributed by atoms with E-state index in [1.807, 2.05) is 18.2 Å². The summed E-state index contributed by atoms with van der Waals surface area (Å²) in [6.07, 6.45) is 0.909. The Morgan fingerprint density at radius 3 is 2.66 bits per heavy atom. The number of aromatic nitrogens is 1. The summed E-state index contributed by atoms with van der Waals surface area (Å²) < 4.78 is 5.87. The minimum Gasteiger partial charge on any atom is -0.436 e. The van der Waals surface area contributed by atoms with Crippen molar-refractivity contribution >= 4 is 57.5 Å². The molecule has 3 aromatic carbocycles. The number of anilines is 1. The number of amides is 1. The van der Waals surface area contributed by atoms with Gasteiger partial charge in [0, 0.05) is 5.69 Å². The average Bonchev–Trinajstić information content (AvgIpc) is 3.14. The van der Waals surface area contributed by atoms with Crippen molar-refractivity contribution in [1.82, 2.24) is 4.98 Å². The Morgan fingerprint density at radius 2 is 1.86 bits per heavy atom. The molecule has 4 aromatic rings. The first-order valence-corrected chi connectivity index (χ1v) is 10.0. The molecule has 1 heterocycles. The van der Waals surface area contributed by atoms with E-state index in [1.165, 1.54) is 5.56 Å². The maximum atomic E-state index is 12.6. The third kappa shape index (κ3) is 3.97. The molecule has 1 N–H and O–H groups in total. The lowest BCUT2D eigenvalue weighted by Gasteiger charge is -2.09. The number of aryl methyl sites for hydroxylation is 1. The molecule has 0 saturated heterocycles. The van der Waals surface area contributed by atoms with Crippen LogP contribution in [0.4, 0.5) is 5.69 Å². The molecule has 0 radical (unpaired) electrons. The second kappa shape index (κ2) is 8.07. The van der Waals surface area contributed by atoms with Crippen LogP contribution < -0.4 is 5.32 Å². The van der Waals surface area contributed by atoms with Crippen LogP contribution in [0, 0.1) is 0 Å². The van der Waals surface area contributed by atoms with Crippen molar-refractivity contribution in [3.8, 4) is 11.5 Å². The van der Waals surface area contributed by atoms with Gasteiger partial charge < -0.3 is 9.73 Å². The highest BCUT2D eigenvalue weighted by molar-refractivity contribution is 6.44. The normalized spacial score (nSPS) is 11.0. The molecule has 4 nitrogen and oxygen atoms in total. The van der Waals surface area contributed by atoms with E-state index in [0.29, 0.717) is 32.8 Å². The molecule has 0 unspecified atom stereocenters. The summed E-state index contributed by atoms with van der Waals surface area (Å²) in [4.78, 5) is 17.2. The van der Waals surface area contributed by atoms with Crippen molar-refractivity contribution in [1.29, 1.82) is 0 Å². The van der Waals surface area contributed by atoms with Crippen LogP contribution in [0.5, 0.6) is 0 Å². The van der Waals surface area contributed by atoms with E-state index >= 15 is 0 Å². The molecule has 29 heavy (non-hydrogen) atoms. The molecule has 0 spiro atoms. The largest absolute Gasteiger partial charge is 0.436 e. The van der Waals surface area contributed by atoms with Crippen LogP contribution in [0.25, 0.3) is 22.6 Å². The van der Waals surface area contributed by atoms with E-state index in [9.17, 15) is 4.79 Å². The highest BCUT2D eigenvalue weighted by Crippen LogP contribution is 2.33. The third-order valence-corrected chi connectivity index (χ3v) is 5.66. The van der Waals surface area contributed by atoms with Gasteiger partial charge in [-0.1, -0.05) is 53.9 Å². The Bertz CT molecular complexity index is 1230. The summed E-state index contributed by atoms with van der Waals surface area (Å²) in [5.74, 6) is 0.00562. The molecule has 0 aliphatic heterocycles. The smallest absolute Gasteiger partial charge is 0.257 e. The van der Waals surface area contributed by atoms with Crippen LogP contribution in [0.1, 0.15) is 22.8 Å². The molecule has 0 aliphatic rings. The predicted molar refractivity (Wildman–Crippen MR) is 118 cm³/mol. The van der Waals surface area contributed by atoms with Gasteiger partial charge in [0.2, 0.25) is 5.89 Å². The number of halogens is 3. The topological polar surface area (TPSA) is 55.1 Å². The molecule has 7 heteroatoms. The summed E-state index contributed by atoms with van der Waals surface area (Å²) in [5, 5.41) is 3.78. The lowest BCUT2D eigenvalue weighted by Crippen LogP contribution is -2.12. The highest BCUT2D eigenvalue weighted by atomic mass is 35.5. The number of nitrogens with one attached hydrogen (secondary N) is 1. The molecule has 0 bridgehead atoms. The summed E-state index contributed by atoms with van der Waals surface area (Å²) >= 11 is 18.5. The molecule has 146 valence electrons. The van der Waals surface area contributed by atoms with E-state index in [2.05, 4.69) is 17.2 Å². The Kier molecular flexibility index (Phi) is 5.50. The molecule has 0 aliphatic carbocycles. The number of benzene rings is 3. The zero-order chi connectivity index (χ0) is 20.5. The number of carbonyl (C=O) groups excluding carboxylic acids is 1. The number of carbonyl (C=O) groups is 1. The molecular formula is C22H15Cl3N2O2. The number of oxazole rings is 1. The summed E-state index contributed by atoms with van der Waals surface area (Å²) in [5.41, 5.74) is 3.99. The third-order valence-electron chi connectivity index (χ3n) is 4.51. The summed E-state index contributed by atoms with van der Waals surface area (Å²) in [6.45, 7) is 2.08. The van der Waals surface area contributed by atoms with E-state index in [-0.39, 0.29) is 16.5 Å². The first kappa shape index (κ1) is 19.8. The summed E-state index contributed by atoms with van der Waals surface area (Å²) in [6, 6.07) is 15.9. The van der Waals surface area contributed by atoms with Crippen LogP contribution in [0.15, 0.2) is 59.0 Å². The Hall–Kier alpha value is -2.53. The fraction of sp³-hybridized carbons (Fsp3) is 0.0909. The van der Waals surface area contributed by atoms with Crippen LogP contribution in [0.2, 0.25) is 15.1 Å². The molecule has 0 saturated carbocycles. The van der Waals surface area contributed by atoms with Crippen LogP contribution in [0.3, 0.4) is 0 Å². The van der Waals surface area contributed by atoms with E-state index in [1.54, 1.807) is 36.4 Å². The van der Waals surface area contributed by atoms with E-state index in [4.69, 9.17) is 39.2 Å². The Balaban J connectivity index is 1.67. The van der Waals surface area contributed by atoms with E-state index < -0.39 is 0 Å². The second-order valence-electron chi connectivity index (χ2n) is 6.42. The van der Waals surface area contributed by atoms with E-state index in [0.717, 1.165) is 11.9 Å². The minimum atomic E-state index is -0.379. The SMILES string of the molecule is CCc1ccc2oc(-c3cc(NC(=O)c4cccc(Cl)c4Cl)ccc3Cl)nc2c1. The molecule has 0 fully saturated rings. The maximum Gasteiger partial charge on any atom is 0.257 e. The van der Waals surface area contributed by atoms with Crippen LogP contribution in [-0.2, 0) is 6.42 Å². The maximum absolute atomic E-state index is 12.6. The van der Waals surface area contributed by atoms with Crippen molar-refractivity contribution < 1.29 is 9.21 Å². The van der Waals surface area contributed by atoms with Crippen LogP contribution >= 0.6 is 34.8 Å². The quantitative estimate of drug-likeness (QED) is 0.359. The van der Waals surface area contributed by atoms with Gasteiger partial charge >= 0.3 is 0 Å². The van der Waals surface area contributed by atoms with Gasteiger partial charge in [0.1, 0.15) is 5.52 Å². The fourth-order valence-electron chi connectivity index (χ4n) is 2.95. The van der Waals surface area contributed by atoms with Gasteiger partial charge in [-0.25, -0.2) is 4.98 Å². The van der Waals surface area contributed by atoms with Crippen molar-refractivity contribution in [3.05, 3.63) is 80.8 Å². The van der Waals surface area contributed by atoms with Crippen molar-refractivity contribution in [2.24, 2.45) is 0 Å². The average molecular weight is 446 g/mol. The monoisotopic (exact) mass is 444 g/mol. The predicted octanol–water partition coefficient (Wildman–Crippen LogP) is 7.27. The fourth-order valence-corrected chi connectivity index (χ4v) is 3.54. The van der Waals surface area contributed by atoms with Gasteiger partial charge in [0.25, 0.3) is 5.91 Å². The van der Waals surface area contributed by atoms with Gasteiger partial charge in [0.15, 0.2) is 5.58 Å². The number of nitrogens with zero attached hydrogens (tertiary/aromatic N) is 1. The van der Waals surface area contributed by atoms with Crippen LogP contribution in [-0.4, -0.2) is 10.9 Å². The highest BCUT2D eigenvalue weighted by Gasteiger charge is 2.16. The van der Waals surface area contributed by atoms with Gasteiger partial charge in [0.05, 0.1) is 26.2 Å². The minimum absolute atomic E-state index is 0.200. The lowest BCUT2D eigenvalue weighted by atomic mass is 10.1. The standard InChI is InChI=1S/C22H15Cl3N2O2/c1-2-12-6-9-19-18(10-12)27-22(29-19)15-11-13(7-8-16(15)23)26-21(28)14-4-3-5-17(24)20(14)25/h3-11H,2H2,1H3,(H,26,28). The molecule has 4 rings (SSSR count). The van der Waals surface area contributed by atoms with Crippen molar-refractivity contribution in [2.75, 3.05) is 5.32 Å². The molecule has 1 aromatic heterocycles. The van der Waals surface area contributed by atoms with Gasteiger partial charge in [-0.3, -0.25) is 4.79 Å². The van der Waals surface area contributed by atoms with Gasteiger partial charge in [-0.15, -0.1) is 0 Å². The first-order chi connectivity index (χ1) is 14.0. The number of fused-ring (bicyclic) bond motifs is 1. The number of hydrogen-bond acceptors (Lipinski definition) is 3. The zero-order valence-electron chi connectivity index (χ0n) is 15.3. The zero-order valence-corrected chi connectivity index (χ0v) is 17.6. The molecule has 1 amide bonds. The second-order valence-corrected chi connectivity index (χ2v) is 7.62. The lowest BCUT2D eigenvalue weighted by molar-refractivity contribution is 0.102. The Labute approximate surface area is 182 Å². The van der Waals surface area contributed by atoms with Gasteiger partial charge in [-0.05, 0) is 54.4 Å². The van der Waals surface area contributed by atoms with Gasteiger partial charge in [-0.2, -0.15) is 0 Å². The summed E-state index contributed by atoms with van der Waals surface area (Å²) in [7, 11) is 0. The first-order valence-electron chi connectivity index (χ1n) is 8.91. The van der Waals surface area contributed by atoms with Crippen molar-refractivity contribution in [3.63, 3.8) is 0 Å². The van der Waals surface area contributed by atoms with Crippen molar-refractivity contribution in [2.45, 2.75) is 13.3 Å². The molecular weight excluding hydrogens is 431 g/mol. The number of hydrogen-bond donors (Lipinski definition) is 1. The number of rotatable bonds is 4.